The Morgan fingerprint density at radius 3 is 2.80 bits per heavy atom. The van der Waals surface area contributed by atoms with E-state index in [2.05, 4.69) is 26.9 Å². The molecule has 0 bridgehead atoms. The Morgan fingerprint density at radius 2 is 2.13 bits per heavy atom. The van der Waals surface area contributed by atoms with Crippen molar-refractivity contribution in [1.29, 1.82) is 0 Å². The fourth-order valence-corrected chi connectivity index (χ4v) is 3.21. The third kappa shape index (κ3) is 3.79. The molecule has 1 fully saturated rings. The maximum Gasteiger partial charge on any atom is 0.267 e. The number of rotatable bonds is 3. The Balaban J connectivity index is 1.71. The molecular formula is C21H20N6O3. The van der Waals surface area contributed by atoms with Crippen molar-refractivity contribution in [3.63, 3.8) is 0 Å². The first-order valence-electron chi connectivity index (χ1n) is 9.28. The molecule has 2 atom stereocenters. The minimum absolute atomic E-state index is 0.272. The van der Waals surface area contributed by atoms with Crippen LogP contribution in [0.1, 0.15) is 23.9 Å². The third-order valence-corrected chi connectivity index (χ3v) is 4.90. The number of hydrogen-bond donors (Lipinski definition) is 3. The number of aliphatic hydroxyl groups excluding tert-OH is 1. The molecule has 4 N–H and O–H groups in total. The molecular weight excluding hydrogens is 384 g/mol. The van der Waals surface area contributed by atoms with Crippen LogP contribution in [0.5, 0.6) is 0 Å². The number of pyridine rings is 1. The van der Waals surface area contributed by atoms with Gasteiger partial charge in [-0.05, 0) is 24.3 Å². The molecule has 1 saturated heterocycles. The van der Waals surface area contributed by atoms with Gasteiger partial charge in [-0.15, -0.1) is 0 Å². The van der Waals surface area contributed by atoms with Crippen LogP contribution in [0.25, 0.3) is 16.9 Å². The highest BCUT2D eigenvalue weighted by molar-refractivity contribution is 5.90. The van der Waals surface area contributed by atoms with Crippen LogP contribution in [-0.4, -0.2) is 60.0 Å². The van der Waals surface area contributed by atoms with Crippen LogP contribution < -0.4 is 5.73 Å². The van der Waals surface area contributed by atoms with Gasteiger partial charge in [-0.3, -0.25) is 4.79 Å². The van der Waals surface area contributed by atoms with E-state index in [1.807, 2.05) is 6.07 Å². The normalized spacial score (nSPS) is 19.5. The molecule has 0 spiro atoms. The summed E-state index contributed by atoms with van der Waals surface area (Å²) in [4.78, 5) is 21.9. The Kier molecular flexibility index (Phi) is 5.05. The lowest BCUT2D eigenvalue weighted by Crippen LogP contribution is -2.37. The van der Waals surface area contributed by atoms with Crippen LogP contribution in [0.3, 0.4) is 0 Å². The Labute approximate surface area is 172 Å². The predicted molar refractivity (Wildman–Crippen MR) is 108 cm³/mol. The Morgan fingerprint density at radius 1 is 1.30 bits per heavy atom. The van der Waals surface area contributed by atoms with Crippen molar-refractivity contribution >= 4 is 5.91 Å². The van der Waals surface area contributed by atoms with Gasteiger partial charge in [-0.25, -0.2) is 14.6 Å². The standard InChI is InChI=1S/C21H20N6O3/c1-26-8-7-21(30,20(26)29)6-5-14-3-2-4-15(9-14)17-10-16(27-13-23-12-24-27)11-18(25-17)19(22)28/h2-4,9-13,19,28,30H,7-8,22H2,1H3/t19?,21-/m0/s1. The first kappa shape index (κ1) is 19.7. The summed E-state index contributed by atoms with van der Waals surface area (Å²) in [6.45, 7) is 0.466. The largest absolute Gasteiger partial charge is 0.373 e. The first-order valence-corrected chi connectivity index (χ1v) is 9.28. The summed E-state index contributed by atoms with van der Waals surface area (Å²) < 4.78 is 1.54. The first-order chi connectivity index (χ1) is 14.4. The van der Waals surface area contributed by atoms with Crippen molar-refractivity contribution in [3.8, 4) is 28.8 Å². The fraction of sp³-hybridized carbons (Fsp3) is 0.238. The molecule has 3 aromatic rings. The molecule has 9 nitrogen and oxygen atoms in total. The quantitative estimate of drug-likeness (QED) is 0.421. The van der Waals surface area contributed by atoms with Crippen molar-refractivity contribution < 1.29 is 15.0 Å². The Bertz CT molecular complexity index is 1150. The highest BCUT2D eigenvalue weighted by Crippen LogP contribution is 2.24. The van der Waals surface area contributed by atoms with Gasteiger partial charge in [0.25, 0.3) is 5.91 Å². The zero-order valence-corrected chi connectivity index (χ0v) is 16.2. The van der Waals surface area contributed by atoms with Crippen LogP contribution >= 0.6 is 0 Å². The zero-order chi connectivity index (χ0) is 21.3. The molecule has 1 amide bonds. The minimum Gasteiger partial charge on any atom is -0.373 e. The second-order valence-corrected chi connectivity index (χ2v) is 7.09. The van der Waals surface area contributed by atoms with E-state index in [4.69, 9.17) is 5.73 Å². The number of nitrogens with zero attached hydrogens (tertiary/aromatic N) is 5. The molecule has 1 aromatic carbocycles. The summed E-state index contributed by atoms with van der Waals surface area (Å²) >= 11 is 0. The van der Waals surface area contributed by atoms with Gasteiger partial charge < -0.3 is 20.8 Å². The summed E-state index contributed by atoms with van der Waals surface area (Å²) in [7, 11) is 1.64. The van der Waals surface area contributed by atoms with Crippen LogP contribution in [0.4, 0.5) is 0 Å². The monoisotopic (exact) mass is 404 g/mol. The van der Waals surface area contributed by atoms with E-state index in [1.165, 1.54) is 17.6 Å². The van der Waals surface area contributed by atoms with Gasteiger partial charge in [0.15, 0.2) is 0 Å². The summed E-state index contributed by atoms with van der Waals surface area (Å²) in [6.07, 6.45) is 1.95. The zero-order valence-electron chi connectivity index (χ0n) is 16.2. The topological polar surface area (TPSA) is 130 Å². The van der Waals surface area contributed by atoms with E-state index in [-0.39, 0.29) is 12.1 Å². The van der Waals surface area contributed by atoms with E-state index < -0.39 is 17.7 Å². The van der Waals surface area contributed by atoms with Crippen LogP contribution in [0, 0.1) is 11.8 Å². The van der Waals surface area contributed by atoms with Crippen molar-refractivity contribution in [3.05, 3.63) is 60.3 Å². The van der Waals surface area contributed by atoms with Gasteiger partial charge in [0, 0.05) is 31.1 Å². The average molecular weight is 404 g/mol. The number of likely N-dealkylation sites (N-methyl/N-ethyl adjacent to an activating group) is 1. The SMILES string of the molecule is CN1CC[C@@](O)(C#Cc2cccc(-c3cc(-n4cncn4)cc(C(N)O)n3)c2)C1=O. The molecule has 1 aliphatic heterocycles. The number of hydrogen-bond acceptors (Lipinski definition) is 7. The van der Waals surface area contributed by atoms with Gasteiger partial charge in [-0.2, -0.15) is 5.10 Å². The van der Waals surface area contributed by atoms with E-state index in [1.54, 1.807) is 42.1 Å². The molecule has 1 unspecified atom stereocenters. The van der Waals surface area contributed by atoms with Crippen LogP contribution in [0.2, 0.25) is 0 Å². The fourth-order valence-electron chi connectivity index (χ4n) is 3.21. The highest BCUT2D eigenvalue weighted by atomic mass is 16.3. The summed E-state index contributed by atoms with van der Waals surface area (Å²) in [5.41, 5.74) is 6.80. The molecule has 9 heteroatoms. The molecule has 0 radical (unpaired) electrons. The average Bonchev–Trinajstić information content (AvgIpc) is 3.38. The summed E-state index contributed by atoms with van der Waals surface area (Å²) in [5, 5.41) is 24.4. The van der Waals surface area contributed by atoms with Gasteiger partial charge >= 0.3 is 0 Å². The maximum absolute atomic E-state index is 12.1. The lowest BCUT2D eigenvalue weighted by Gasteiger charge is -2.13. The third-order valence-electron chi connectivity index (χ3n) is 4.90. The van der Waals surface area contributed by atoms with E-state index in [9.17, 15) is 15.0 Å². The number of amides is 1. The molecule has 152 valence electrons. The molecule has 3 heterocycles. The molecule has 4 rings (SSSR count). The summed E-state index contributed by atoms with van der Waals surface area (Å²) in [6, 6.07) is 10.6. The van der Waals surface area contributed by atoms with E-state index in [0.29, 0.717) is 23.5 Å². The predicted octanol–water partition coefficient (Wildman–Crippen LogP) is 0.224. The van der Waals surface area contributed by atoms with Crippen molar-refractivity contribution in [2.75, 3.05) is 13.6 Å². The van der Waals surface area contributed by atoms with Crippen molar-refractivity contribution in [2.45, 2.75) is 18.2 Å². The molecule has 0 aliphatic carbocycles. The molecule has 2 aromatic heterocycles. The lowest BCUT2D eigenvalue weighted by molar-refractivity contribution is -0.137. The number of benzene rings is 1. The second kappa shape index (κ2) is 7.68. The number of carbonyl (C=O) groups is 1. The van der Waals surface area contributed by atoms with Crippen LogP contribution in [-0.2, 0) is 4.79 Å². The van der Waals surface area contributed by atoms with E-state index in [0.717, 1.165) is 5.56 Å². The number of aromatic nitrogens is 4. The highest BCUT2D eigenvalue weighted by Gasteiger charge is 2.42. The molecule has 1 aliphatic rings. The van der Waals surface area contributed by atoms with E-state index >= 15 is 0 Å². The van der Waals surface area contributed by atoms with Gasteiger partial charge in [0.2, 0.25) is 5.60 Å². The number of nitrogens with two attached hydrogens (primary N) is 1. The van der Waals surface area contributed by atoms with Gasteiger partial charge in [-0.1, -0.05) is 24.0 Å². The van der Waals surface area contributed by atoms with Crippen LogP contribution in [0.15, 0.2) is 49.1 Å². The molecule has 30 heavy (non-hydrogen) atoms. The number of aliphatic hydroxyl groups is 2. The van der Waals surface area contributed by atoms with Gasteiger partial charge in [0.05, 0.1) is 17.1 Å². The Hall–Kier alpha value is -3.58. The maximum atomic E-state index is 12.1. The molecule has 0 saturated carbocycles. The smallest absolute Gasteiger partial charge is 0.267 e. The van der Waals surface area contributed by atoms with Crippen molar-refractivity contribution in [1.82, 2.24) is 24.6 Å². The number of carbonyl (C=O) groups excluding carboxylic acids is 1. The number of likely N-dealkylation sites (tertiary alicyclic amines) is 1. The second-order valence-electron chi connectivity index (χ2n) is 7.09. The lowest BCUT2D eigenvalue weighted by atomic mass is 10.0. The summed E-state index contributed by atoms with van der Waals surface area (Å²) in [5.74, 6) is 5.21. The van der Waals surface area contributed by atoms with Gasteiger partial charge in [0.1, 0.15) is 18.9 Å². The minimum atomic E-state index is -1.66. The van der Waals surface area contributed by atoms with Crippen molar-refractivity contribution in [2.24, 2.45) is 5.73 Å².